The number of nitrogens with one attached hydrogen (secondary N) is 1. The normalized spacial score (nSPS) is 20.4. The summed E-state index contributed by atoms with van der Waals surface area (Å²) < 4.78 is 0. The molecule has 0 aliphatic carbocycles. The van der Waals surface area contributed by atoms with Crippen LogP contribution in [0.2, 0.25) is 0 Å². The Morgan fingerprint density at radius 1 is 1.18 bits per heavy atom. The molecule has 1 aliphatic heterocycles. The molecule has 1 aliphatic rings. The fourth-order valence-electron chi connectivity index (χ4n) is 2.48. The van der Waals surface area contributed by atoms with E-state index >= 15 is 0 Å². The highest BCUT2D eigenvalue weighted by Gasteiger charge is 2.32. The average Bonchev–Trinajstić information content (AvgIpc) is 2.31. The number of likely N-dealkylation sites (tertiary alicyclic amines) is 1. The van der Waals surface area contributed by atoms with Crippen LogP contribution in [0.3, 0.4) is 0 Å². The van der Waals surface area contributed by atoms with Gasteiger partial charge < -0.3 is 10.6 Å². The Morgan fingerprint density at radius 2 is 1.76 bits per heavy atom. The van der Waals surface area contributed by atoms with Gasteiger partial charge in [0.25, 0.3) is 0 Å². The standard InChI is InChI=1S/C14H29N3/c1-3-4-5-6-7-10-17-11-8-14(2,9-12-17)13(15)16/h3-12H2,1-2H3,(H3,15,16). The number of unbranched alkanes of at least 4 members (excludes halogenated alkanes) is 4. The summed E-state index contributed by atoms with van der Waals surface area (Å²) in [5.41, 5.74) is 5.64. The van der Waals surface area contributed by atoms with Crippen molar-refractivity contribution in [3.63, 3.8) is 0 Å². The monoisotopic (exact) mass is 239 g/mol. The second kappa shape index (κ2) is 7.00. The van der Waals surface area contributed by atoms with Crippen LogP contribution < -0.4 is 5.73 Å². The molecule has 0 aromatic heterocycles. The van der Waals surface area contributed by atoms with Crippen LogP contribution in [0.1, 0.15) is 58.8 Å². The van der Waals surface area contributed by atoms with Crippen molar-refractivity contribution in [1.82, 2.24) is 4.90 Å². The van der Waals surface area contributed by atoms with Crippen LogP contribution in [0.4, 0.5) is 0 Å². The summed E-state index contributed by atoms with van der Waals surface area (Å²) in [6.45, 7) is 7.85. The zero-order valence-corrected chi connectivity index (χ0v) is 11.6. The maximum atomic E-state index is 7.62. The highest BCUT2D eigenvalue weighted by molar-refractivity contribution is 5.83. The van der Waals surface area contributed by atoms with Gasteiger partial charge in [-0.15, -0.1) is 0 Å². The molecule has 100 valence electrons. The van der Waals surface area contributed by atoms with E-state index in [1.807, 2.05) is 0 Å². The Bertz CT molecular complexity index is 230. The third-order valence-corrected chi connectivity index (χ3v) is 4.19. The summed E-state index contributed by atoms with van der Waals surface area (Å²) in [6, 6.07) is 0. The Labute approximate surface area is 106 Å². The van der Waals surface area contributed by atoms with Gasteiger partial charge in [0, 0.05) is 5.41 Å². The van der Waals surface area contributed by atoms with Crippen molar-refractivity contribution in [3.8, 4) is 0 Å². The minimum absolute atomic E-state index is 0.0291. The Kier molecular flexibility index (Phi) is 5.96. The van der Waals surface area contributed by atoms with Crippen LogP contribution in [0.15, 0.2) is 0 Å². The SMILES string of the molecule is CCCCCCCN1CCC(C)(C(=N)N)CC1. The van der Waals surface area contributed by atoms with Crippen molar-refractivity contribution in [3.05, 3.63) is 0 Å². The molecule has 0 unspecified atom stereocenters. The van der Waals surface area contributed by atoms with Gasteiger partial charge in [0.2, 0.25) is 0 Å². The highest BCUT2D eigenvalue weighted by Crippen LogP contribution is 2.30. The van der Waals surface area contributed by atoms with Gasteiger partial charge in [-0.3, -0.25) is 5.41 Å². The van der Waals surface area contributed by atoms with E-state index in [4.69, 9.17) is 11.1 Å². The van der Waals surface area contributed by atoms with Crippen molar-refractivity contribution in [2.75, 3.05) is 19.6 Å². The fraction of sp³-hybridized carbons (Fsp3) is 0.929. The quantitative estimate of drug-likeness (QED) is 0.408. The fourth-order valence-corrected chi connectivity index (χ4v) is 2.48. The van der Waals surface area contributed by atoms with Gasteiger partial charge in [0.15, 0.2) is 0 Å². The lowest BCUT2D eigenvalue weighted by Gasteiger charge is -2.38. The topological polar surface area (TPSA) is 53.1 Å². The van der Waals surface area contributed by atoms with E-state index in [1.54, 1.807) is 0 Å². The molecule has 0 amide bonds. The van der Waals surface area contributed by atoms with Gasteiger partial charge in [0.1, 0.15) is 0 Å². The van der Waals surface area contributed by atoms with E-state index in [-0.39, 0.29) is 5.41 Å². The molecule has 1 saturated heterocycles. The molecule has 1 fully saturated rings. The second-order valence-electron chi connectivity index (χ2n) is 5.73. The van der Waals surface area contributed by atoms with Crippen molar-refractivity contribution in [1.29, 1.82) is 5.41 Å². The van der Waals surface area contributed by atoms with Crippen LogP contribution >= 0.6 is 0 Å². The molecule has 0 radical (unpaired) electrons. The number of rotatable bonds is 7. The van der Waals surface area contributed by atoms with Crippen molar-refractivity contribution < 1.29 is 0 Å². The molecule has 3 nitrogen and oxygen atoms in total. The summed E-state index contributed by atoms with van der Waals surface area (Å²) in [5.74, 6) is 0.375. The van der Waals surface area contributed by atoms with Gasteiger partial charge >= 0.3 is 0 Å². The van der Waals surface area contributed by atoms with Crippen LogP contribution in [-0.4, -0.2) is 30.4 Å². The highest BCUT2D eigenvalue weighted by atomic mass is 15.1. The first kappa shape index (κ1) is 14.5. The Morgan fingerprint density at radius 3 is 2.29 bits per heavy atom. The molecular weight excluding hydrogens is 210 g/mol. The van der Waals surface area contributed by atoms with Gasteiger partial charge in [-0.05, 0) is 38.9 Å². The van der Waals surface area contributed by atoms with Crippen LogP contribution in [-0.2, 0) is 0 Å². The minimum Gasteiger partial charge on any atom is -0.387 e. The lowest BCUT2D eigenvalue weighted by atomic mass is 9.79. The van der Waals surface area contributed by atoms with Gasteiger partial charge in [0.05, 0.1) is 5.84 Å². The van der Waals surface area contributed by atoms with Gasteiger partial charge in [-0.2, -0.15) is 0 Å². The molecule has 3 N–H and O–H groups in total. The van der Waals surface area contributed by atoms with Crippen LogP contribution in [0.5, 0.6) is 0 Å². The first-order valence-electron chi connectivity index (χ1n) is 7.15. The molecule has 0 spiro atoms. The zero-order valence-electron chi connectivity index (χ0n) is 11.6. The molecule has 0 bridgehead atoms. The maximum Gasteiger partial charge on any atom is 0.0966 e. The number of nitrogens with two attached hydrogens (primary N) is 1. The van der Waals surface area contributed by atoms with Crippen molar-refractivity contribution >= 4 is 5.84 Å². The number of nitrogens with zero attached hydrogens (tertiary/aromatic N) is 1. The summed E-state index contributed by atoms with van der Waals surface area (Å²) in [6.07, 6.45) is 8.89. The molecule has 17 heavy (non-hydrogen) atoms. The second-order valence-corrected chi connectivity index (χ2v) is 5.73. The van der Waals surface area contributed by atoms with Crippen molar-refractivity contribution in [2.24, 2.45) is 11.1 Å². The first-order valence-corrected chi connectivity index (χ1v) is 7.15. The molecule has 0 aromatic rings. The van der Waals surface area contributed by atoms with E-state index in [2.05, 4.69) is 18.7 Å². The summed E-state index contributed by atoms with van der Waals surface area (Å²) in [4.78, 5) is 2.54. The van der Waals surface area contributed by atoms with E-state index < -0.39 is 0 Å². The van der Waals surface area contributed by atoms with Crippen LogP contribution in [0, 0.1) is 10.8 Å². The van der Waals surface area contributed by atoms with Crippen molar-refractivity contribution in [2.45, 2.75) is 58.8 Å². The average molecular weight is 239 g/mol. The zero-order chi connectivity index (χ0) is 12.7. The molecular formula is C14H29N3. The largest absolute Gasteiger partial charge is 0.387 e. The third kappa shape index (κ3) is 4.66. The Balaban J connectivity index is 2.13. The van der Waals surface area contributed by atoms with Gasteiger partial charge in [-0.1, -0.05) is 39.5 Å². The summed E-state index contributed by atoms with van der Waals surface area (Å²) in [7, 11) is 0. The maximum absolute atomic E-state index is 7.62. The molecule has 0 saturated carbocycles. The molecule has 0 aromatic carbocycles. The van der Waals surface area contributed by atoms with E-state index in [0.717, 1.165) is 25.9 Å². The Hall–Kier alpha value is -0.570. The van der Waals surface area contributed by atoms with E-state index in [9.17, 15) is 0 Å². The molecule has 3 heteroatoms. The summed E-state index contributed by atoms with van der Waals surface area (Å²) in [5, 5.41) is 7.62. The van der Waals surface area contributed by atoms with E-state index in [0.29, 0.717) is 5.84 Å². The smallest absolute Gasteiger partial charge is 0.0966 e. The number of hydrogen-bond acceptors (Lipinski definition) is 2. The molecule has 1 rings (SSSR count). The third-order valence-electron chi connectivity index (χ3n) is 4.19. The van der Waals surface area contributed by atoms with E-state index in [1.165, 1.54) is 38.6 Å². The number of hydrogen-bond donors (Lipinski definition) is 2. The number of piperidine rings is 1. The van der Waals surface area contributed by atoms with Crippen LogP contribution in [0.25, 0.3) is 0 Å². The lowest BCUT2D eigenvalue weighted by Crippen LogP contribution is -2.45. The van der Waals surface area contributed by atoms with Gasteiger partial charge in [-0.25, -0.2) is 0 Å². The molecule has 0 atom stereocenters. The summed E-state index contributed by atoms with van der Waals surface area (Å²) >= 11 is 0. The minimum atomic E-state index is -0.0291. The predicted molar refractivity (Wildman–Crippen MR) is 74.5 cm³/mol. The number of amidine groups is 1. The molecule has 1 heterocycles. The predicted octanol–water partition coefficient (Wildman–Crippen LogP) is 2.99. The first-order chi connectivity index (χ1) is 8.08. The lowest BCUT2D eigenvalue weighted by molar-refractivity contribution is 0.160.